The van der Waals surface area contributed by atoms with Gasteiger partial charge in [-0.2, -0.15) is 0 Å². The topological polar surface area (TPSA) is 69.9 Å². The van der Waals surface area contributed by atoms with E-state index in [2.05, 4.69) is 4.99 Å². The van der Waals surface area contributed by atoms with Crippen LogP contribution in [0.5, 0.6) is 5.75 Å². The summed E-state index contributed by atoms with van der Waals surface area (Å²) in [5.74, 6) is -0.330. The molecule has 0 spiro atoms. The number of aromatic nitrogens is 1. The molecule has 0 fully saturated rings. The molecule has 8 heteroatoms. The molecule has 1 atom stereocenters. The second-order valence-corrected chi connectivity index (χ2v) is 9.27. The molecule has 1 aliphatic rings. The van der Waals surface area contributed by atoms with Crippen molar-refractivity contribution in [2.24, 2.45) is 4.99 Å². The Morgan fingerprint density at radius 2 is 1.89 bits per heavy atom. The van der Waals surface area contributed by atoms with Gasteiger partial charge in [0.15, 0.2) is 4.80 Å². The molecule has 36 heavy (non-hydrogen) atoms. The fraction of sp³-hybridized carbons (Fsp3) is 0.179. The van der Waals surface area contributed by atoms with Crippen LogP contribution in [0.1, 0.15) is 31.0 Å². The molecule has 1 aromatic heterocycles. The van der Waals surface area contributed by atoms with Gasteiger partial charge in [0.05, 0.1) is 35.6 Å². The maximum atomic E-state index is 13.8. The van der Waals surface area contributed by atoms with E-state index in [0.717, 1.165) is 16.3 Å². The summed E-state index contributed by atoms with van der Waals surface area (Å²) < 4.78 is 26.5. The highest BCUT2D eigenvalue weighted by molar-refractivity contribution is 7.07. The Kier molecular flexibility index (Phi) is 6.28. The van der Waals surface area contributed by atoms with E-state index < -0.39 is 17.8 Å². The van der Waals surface area contributed by atoms with Crippen molar-refractivity contribution in [2.45, 2.75) is 19.9 Å². The molecule has 0 N–H and O–H groups in total. The van der Waals surface area contributed by atoms with Crippen molar-refractivity contribution in [1.29, 1.82) is 0 Å². The Labute approximate surface area is 210 Å². The number of fused-ring (bicyclic) bond motifs is 2. The number of esters is 1. The average Bonchev–Trinajstić information content (AvgIpc) is 3.18. The molecule has 0 bridgehead atoms. The van der Waals surface area contributed by atoms with Gasteiger partial charge in [-0.25, -0.2) is 14.2 Å². The van der Waals surface area contributed by atoms with Gasteiger partial charge in [-0.1, -0.05) is 53.8 Å². The second kappa shape index (κ2) is 9.54. The van der Waals surface area contributed by atoms with Gasteiger partial charge in [-0.3, -0.25) is 9.36 Å². The van der Waals surface area contributed by atoms with E-state index in [0.29, 0.717) is 26.3 Å². The Morgan fingerprint density at radius 1 is 1.14 bits per heavy atom. The van der Waals surface area contributed by atoms with Gasteiger partial charge in [0, 0.05) is 5.56 Å². The quantitative estimate of drug-likeness (QED) is 0.386. The number of halogens is 1. The lowest BCUT2D eigenvalue weighted by atomic mass is 9.96. The molecule has 4 aromatic rings. The number of allylic oxidation sites excluding steroid dienone is 1. The smallest absolute Gasteiger partial charge is 0.338 e. The Bertz CT molecular complexity index is 1700. The van der Waals surface area contributed by atoms with E-state index >= 15 is 0 Å². The first-order chi connectivity index (χ1) is 17.4. The van der Waals surface area contributed by atoms with Crippen LogP contribution in [0.3, 0.4) is 0 Å². The first-order valence-electron chi connectivity index (χ1n) is 11.4. The zero-order chi connectivity index (χ0) is 25.4. The summed E-state index contributed by atoms with van der Waals surface area (Å²) in [6, 6.07) is 16.7. The number of rotatable bonds is 5. The van der Waals surface area contributed by atoms with E-state index in [1.807, 2.05) is 36.4 Å². The molecule has 2 heterocycles. The van der Waals surface area contributed by atoms with E-state index in [-0.39, 0.29) is 17.7 Å². The number of benzene rings is 3. The maximum Gasteiger partial charge on any atom is 0.338 e. The molecule has 0 saturated carbocycles. The standard InChI is InChI=1S/C28H23FN2O4S/c1-4-35-27(33)24-16(2)30-28-31(25(24)18-9-12-19(29)13-10-18)26(32)23(36-28)15-21-20-8-6-5-7-17(20)11-14-22(21)34-3/h5-15,25H,4H2,1-3H3/b23-15+/t25-/m0/s1. The van der Waals surface area contributed by atoms with E-state index in [9.17, 15) is 14.0 Å². The number of hydrogen-bond acceptors (Lipinski definition) is 6. The fourth-order valence-electron chi connectivity index (χ4n) is 4.49. The lowest BCUT2D eigenvalue weighted by Gasteiger charge is -2.24. The molecule has 0 amide bonds. The van der Waals surface area contributed by atoms with Gasteiger partial charge in [0.25, 0.3) is 5.56 Å². The predicted octanol–water partition coefficient (Wildman–Crippen LogP) is 4.10. The van der Waals surface area contributed by atoms with Gasteiger partial charge in [-0.15, -0.1) is 0 Å². The van der Waals surface area contributed by atoms with E-state index in [1.165, 1.54) is 28.0 Å². The lowest BCUT2D eigenvalue weighted by molar-refractivity contribution is -0.139. The van der Waals surface area contributed by atoms with Crippen LogP contribution >= 0.6 is 11.3 Å². The molecular formula is C28H23FN2O4S. The SMILES string of the molecule is CCOC(=O)C1=C(C)N=c2s/c(=C/c3c(OC)ccc4ccccc34)c(=O)n2[C@H]1c1ccc(F)cc1. The number of hydrogen-bond donors (Lipinski definition) is 0. The maximum absolute atomic E-state index is 13.8. The normalized spacial score (nSPS) is 15.6. The third-order valence-electron chi connectivity index (χ3n) is 6.13. The van der Waals surface area contributed by atoms with Crippen LogP contribution in [-0.2, 0) is 9.53 Å². The van der Waals surface area contributed by atoms with Crippen molar-refractivity contribution in [2.75, 3.05) is 13.7 Å². The van der Waals surface area contributed by atoms with Crippen molar-refractivity contribution in [1.82, 2.24) is 4.57 Å². The van der Waals surface area contributed by atoms with Crippen molar-refractivity contribution in [3.63, 3.8) is 0 Å². The van der Waals surface area contributed by atoms with Gasteiger partial charge in [0.1, 0.15) is 11.6 Å². The summed E-state index contributed by atoms with van der Waals surface area (Å²) in [4.78, 5) is 31.8. The van der Waals surface area contributed by atoms with Crippen LogP contribution in [0.4, 0.5) is 4.39 Å². The Balaban J connectivity index is 1.78. The van der Waals surface area contributed by atoms with Crippen LogP contribution in [-0.4, -0.2) is 24.3 Å². The minimum absolute atomic E-state index is 0.178. The summed E-state index contributed by atoms with van der Waals surface area (Å²) in [5.41, 5.74) is 1.77. The largest absolute Gasteiger partial charge is 0.496 e. The minimum atomic E-state index is -0.794. The van der Waals surface area contributed by atoms with Gasteiger partial charge in [-0.05, 0) is 54.5 Å². The van der Waals surface area contributed by atoms with Gasteiger partial charge >= 0.3 is 5.97 Å². The van der Waals surface area contributed by atoms with E-state index in [4.69, 9.17) is 9.47 Å². The van der Waals surface area contributed by atoms with Crippen LogP contribution in [0.25, 0.3) is 16.8 Å². The molecule has 0 aliphatic carbocycles. The molecule has 5 rings (SSSR count). The highest BCUT2D eigenvalue weighted by atomic mass is 32.1. The monoisotopic (exact) mass is 502 g/mol. The number of carbonyl (C=O) groups excluding carboxylic acids is 1. The molecule has 3 aromatic carbocycles. The Hall–Kier alpha value is -4.04. The zero-order valence-electron chi connectivity index (χ0n) is 19.9. The molecule has 182 valence electrons. The summed E-state index contributed by atoms with van der Waals surface area (Å²) in [6.45, 7) is 3.61. The third-order valence-corrected chi connectivity index (χ3v) is 7.11. The molecule has 0 saturated heterocycles. The first-order valence-corrected chi connectivity index (χ1v) is 12.3. The summed E-state index contributed by atoms with van der Waals surface area (Å²) in [7, 11) is 1.59. The summed E-state index contributed by atoms with van der Waals surface area (Å²) in [5, 5.41) is 1.96. The zero-order valence-corrected chi connectivity index (χ0v) is 20.8. The van der Waals surface area contributed by atoms with Gasteiger partial charge in [0.2, 0.25) is 0 Å². The average molecular weight is 503 g/mol. The molecular weight excluding hydrogens is 479 g/mol. The predicted molar refractivity (Wildman–Crippen MR) is 137 cm³/mol. The Morgan fingerprint density at radius 3 is 2.61 bits per heavy atom. The highest BCUT2D eigenvalue weighted by Crippen LogP contribution is 2.31. The molecule has 0 radical (unpaired) electrons. The van der Waals surface area contributed by atoms with E-state index in [1.54, 1.807) is 39.2 Å². The number of carbonyl (C=O) groups is 1. The lowest BCUT2D eigenvalue weighted by Crippen LogP contribution is -2.39. The third kappa shape index (κ3) is 4.03. The van der Waals surface area contributed by atoms with Crippen LogP contribution < -0.4 is 19.6 Å². The molecule has 6 nitrogen and oxygen atoms in total. The number of ether oxygens (including phenoxy) is 2. The number of nitrogens with zero attached hydrogens (tertiary/aromatic N) is 2. The first kappa shape index (κ1) is 23.7. The molecule has 1 aliphatic heterocycles. The second-order valence-electron chi connectivity index (χ2n) is 8.26. The van der Waals surface area contributed by atoms with Gasteiger partial charge < -0.3 is 9.47 Å². The summed E-state index contributed by atoms with van der Waals surface area (Å²) in [6.07, 6.45) is 1.80. The van der Waals surface area contributed by atoms with Crippen molar-refractivity contribution < 1.29 is 18.7 Å². The number of thiazole rings is 1. The fourth-order valence-corrected chi connectivity index (χ4v) is 5.51. The van der Waals surface area contributed by atoms with Crippen LogP contribution in [0.2, 0.25) is 0 Å². The van der Waals surface area contributed by atoms with Crippen molar-refractivity contribution in [3.8, 4) is 5.75 Å². The minimum Gasteiger partial charge on any atom is -0.496 e. The van der Waals surface area contributed by atoms with Crippen molar-refractivity contribution >= 4 is 34.2 Å². The number of methoxy groups -OCH3 is 1. The highest BCUT2D eigenvalue weighted by Gasteiger charge is 2.33. The van der Waals surface area contributed by atoms with Crippen molar-refractivity contribution in [3.05, 3.63) is 109 Å². The van der Waals surface area contributed by atoms with Crippen LogP contribution in [0.15, 0.2) is 81.7 Å². The molecule has 0 unspecified atom stereocenters. The summed E-state index contributed by atoms with van der Waals surface area (Å²) >= 11 is 1.23. The van der Waals surface area contributed by atoms with Crippen LogP contribution in [0, 0.1) is 5.82 Å².